The average molecular weight is 816 g/mol. The van der Waals surface area contributed by atoms with Crippen molar-refractivity contribution in [1.82, 2.24) is 8.61 Å². The molecule has 280 valence electrons. The molecule has 4 aliphatic heterocycles. The van der Waals surface area contributed by atoms with Crippen LogP contribution in [0, 0.1) is 13.8 Å². The molecular weight excluding hydrogens is 772 g/mol. The van der Waals surface area contributed by atoms with Crippen molar-refractivity contribution in [3.8, 4) is 0 Å². The van der Waals surface area contributed by atoms with Gasteiger partial charge >= 0.3 is 11.9 Å². The SMILES string of the molecule is C=CS(=O)(=O)N1CCC2(CC1)OCCO2.Cc1cc(C(=O)O)ccc1/C=C/S(=O)(=O)N1CCC2(CC1)OCCO2.Cc1cc(C(=O)O)ccc1Br. The van der Waals surface area contributed by atoms with Crippen LogP contribution >= 0.6 is 15.9 Å². The highest BCUT2D eigenvalue weighted by atomic mass is 79.9. The fourth-order valence-electron chi connectivity index (χ4n) is 5.86. The lowest BCUT2D eigenvalue weighted by atomic mass is 10.1. The van der Waals surface area contributed by atoms with E-state index in [4.69, 9.17) is 29.2 Å². The van der Waals surface area contributed by atoms with Crippen molar-refractivity contribution in [2.45, 2.75) is 51.1 Å². The van der Waals surface area contributed by atoms with E-state index >= 15 is 0 Å². The molecule has 2 aromatic carbocycles. The number of benzene rings is 2. The van der Waals surface area contributed by atoms with Gasteiger partial charge in [0.2, 0.25) is 20.0 Å². The molecule has 4 fully saturated rings. The summed E-state index contributed by atoms with van der Waals surface area (Å²) >= 11 is 3.29. The second-order valence-electron chi connectivity index (χ2n) is 12.2. The highest BCUT2D eigenvalue weighted by molar-refractivity contribution is 9.10. The summed E-state index contributed by atoms with van der Waals surface area (Å²) in [5.41, 5.74) is 2.81. The number of piperidine rings is 2. The number of carbonyl (C=O) groups is 2. The molecule has 2 N–H and O–H groups in total. The summed E-state index contributed by atoms with van der Waals surface area (Å²) in [4.78, 5) is 21.4. The molecule has 2 aromatic rings. The van der Waals surface area contributed by atoms with Crippen LogP contribution < -0.4 is 0 Å². The van der Waals surface area contributed by atoms with Gasteiger partial charge in [-0.05, 0) is 66.9 Å². The molecule has 0 aromatic heterocycles. The molecule has 51 heavy (non-hydrogen) atoms. The van der Waals surface area contributed by atoms with Crippen molar-refractivity contribution < 1.29 is 55.6 Å². The number of carboxylic acids is 2. The molecule has 6 rings (SSSR count). The van der Waals surface area contributed by atoms with Crippen LogP contribution in [0.2, 0.25) is 0 Å². The first kappa shape index (κ1) is 40.8. The maximum absolute atomic E-state index is 12.5. The predicted molar refractivity (Wildman–Crippen MR) is 192 cm³/mol. The molecule has 17 heteroatoms. The number of rotatable bonds is 7. The number of halogens is 1. The largest absolute Gasteiger partial charge is 0.478 e. The average Bonchev–Trinajstić information content (AvgIpc) is 3.76. The Bertz CT molecular complexity index is 1820. The normalized spacial score (nSPS) is 20.4. The van der Waals surface area contributed by atoms with Crippen LogP contribution in [0.5, 0.6) is 0 Å². The maximum Gasteiger partial charge on any atom is 0.335 e. The topological polar surface area (TPSA) is 186 Å². The van der Waals surface area contributed by atoms with Gasteiger partial charge in [-0.25, -0.2) is 26.4 Å². The zero-order valence-electron chi connectivity index (χ0n) is 28.5. The Hall–Kier alpha value is -3.00. The molecule has 0 saturated carbocycles. The van der Waals surface area contributed by atoms with Crippen molar-refractivity contribution in [1.29, 1.82) is 0 Å². The molecular formula is C34H43BrN2O12S2. The fourth-order valence-corrected chi connectivity index (χ4v) is 8.19. The van der Waals surface area contributed by atoms with Gasteiger partial charge < -0.3 is 29.2 Å². The minimum atomic E-state index is -3.55. The van der Waals surface area contributed by atoms with Crippen LogP contribution in [0.15, 0.2) is 58.3 Å². The van der Waals surface area contributed by atoms with Gasteiger partial charge in [-0.1, -0.05) is 28.6 Å². The third kappa shape index (κ3) is 10.8. The zero-order chi connectivity index (χ0) is 37.5. The minimum Gasteiger partial charge on any atom is -0.478 e. The molecule has 4 aliphatic rings. The summed E-state index contributed by atoms with van der Waals surface area (Å²) < 4.78 is 74.0. The first-order valence-electron chi connectivity index (χ1n) is 16.2. The van der Waals surface area contributed by atoms with Crippen LogP contribution in [0.1, 0.15) is 63.1 Å². The lowest BCUT2D eigenvalue weighted by Crippen LogP contribution is -2.46. The summed E-state index contributed by atoms with van der Waals surface area (Å²) in [6.45, 7) is 10.8. The Kier molecular flexibility index (Phi) is 13.8. The molecule has 0 radical (unpaired) electrons. The molecule has 0 bridgehead atoms. The number of hydrogen-bond acceptors (Lipinski definition) is 10. The molecule has 4 saturated heterocycles. The van der Waals surface area contributed by atoms with Gasteiger partial charge in [-0.2, -0.15) is 8.61 Å². The number of nitrogens with zero attached hydrogens (tertiary/aromatic N) is 2. The molecule has 4 heterocycles. The molecule has 2 spiro atoms. The van der Waals surface area contributed by atoms with Crippen LogP contribution in [-0.4, -0.2) is 112 Å². The number of aromatic carboxylic acids is 2. The molecule has 0 amide bonds. The van der Waals surface area contributed by atoms with Crippen molar-refractivity contribution >= 4 is 54.0 Å². The molecule has 0 unspecified atom stereocenters. The summed E-state index contributed by atoms with van der Waals surface area (Å²) in [5.74, 6) is -3.03. The Morgan fingerprint density at radius 2 is 1.14 bits per heavy atom. The van der Waals surface area contributed by atoms with E-state index in [1.54, 1.807) is 31.2 Å². The van der Waals surface area contributed by atoms with Gasteiger partial charge in [0.25, 0.3) is 0 Å². The van der Waals surface area contributed by atoms with Gasteiger partial charge in [0, 0.05) is 67.2 Å². The summed E-state index contributed by atoms with van der Waals surface area (Å²) in [6.07, 6.45) is 3.74. The standard InChI is InChI=1S/C17H21NO6S.C9H15NO4S.C8H7BrO2/c1-13-12-15(16(19)20)3-2-14(13)4-11-25(21,22)18-7-5-17(6-8-18)23-9-10-24-17;1-2-15(11,12)10-5-3-9(4-6-10)13-7-8-14-9;1-5-4-6(8(10)11)2-3-7(5)9/h2-4,11-12H,5-10H2,1H3,(H,19,20);2H,1,3-8H2;2-4H,1H3,(H,10,11)/b11-4+;;. The van der Waals surface area contributed by atoms with Crippen LogP contribution in [0.3, 0.4) is 0 Å². The zero-order valence-corrected chi connectivity index (χ0v) is 31.7. The summed E-state index contributed by atoms with van der Waals surface area (Å²) in [7, 11) is -6.83. The van der Waals surface area contributed by atoms with E-state index in [1.165, 1.54) is 32.2 Å². The number of sulfonamides is 2. The van der Waals surface area contributed by atoms with Gasteiger partial charge in [-0.3, -0.25) is 0 Å². The van der Waals surface area contributed by atoms with E-state index in [0.29, 0.717) is 95.0 Å². The second-order valence-corrected chi connectivity index (χ2v) is 16.8. The predicted octanol–water partition coefficient (Wildman–Crippen LogP) is 4.59. The van der Waals surface area contributed by atoms with Crippen LogP contribution in [0.25, 0.3) is 6.08 Å². The quantitative estimate of drug-likeness (QED) is 0.397. The highest BCUT2D eigenvalue weighted by Crippen LogP contribution is 2.33. The Balaban J connectivity index is 0.000000190. The number of hydrogen-bond donors (Lipinski definition) is 2. The van der Waals surface area contributed by atoms with Crippen LogP contribution in [-0.2, 0) is 39.0 Å². The van der Waals surface area contributed by atoms with Gasteiger partial charge in [0.15, 0.2) is 11.6 Å². The summed E-state index contributed by atoms with van der Waals surface area (Å²) in [6, 6.07) is 9.52. The van der Waals surface area contributed by atoms with E-state index in [0.717, 1.165) is 15.4 Å². The highest BCUT2D eigenvalue weighted by Gasteiger charge is 2.43. The fraction of sp³-hybridized carbons (Fsp3) is 0.471. The lowest BCUT2D eigenvalue weighted by Gasteiger charge is -2.36. The van der Waals surface area contributed by atoms with E-state index in [9.17, 15) is 26.4 Å². The first-order chi connectivity index (χ1) is 24.0. The van der Waals surface area contributed by atoms with Crippen molar-refractivity contribution in [3.63, 3.8) is 0 Å². The van der Waals surface area contributed by atoms with E-state index in [1.807, 2.05) is 6.92 Å². The molecule has 0 atom stereocenters. The van der Waals surface area contributed by atoms with Crippen LogP contribution in [0.4, 0.5) is 0 Å². The Morgan fingerprint density at radius 3 is 1.53 bits per heavy atom. The minimum absolute atomic E-state index is 0.176. The van der Waals surface area contributed by atoms with Gasteiger partial charge in [0.05, 0.1) is 37.6 Å². The van der Waals surface area contributed by atoms with Crippen molar-refractivity contribution in [3.05, 3.63) is 86.1 Å². The third-order valence-corrected chi connectivity index (χ3v) is 12.8. The Labute approximate surface area is 306 Å². The summed E-state index contributed by atoms with van der Waals surface area (Å²) in [5, 5.41) is 19.7. The van der Waals surface area contributed by atoms with E-state index in [-0.39, 0.29) is 5.56 Å². The van der Waals surface area contributed by atoms with Crippen molar-refractivity contribution in [2.24, 2.45) is 0 Å². The number of aryl methyl sites for hydroxylation is 2. The van der Waals surface area contributed by atoms with Crippen molar-refractivity contribution in [2.75, 3.05) is 52.6 Å². The number of carboxylic acid groups (broad SMARTS) is 2. The van der Waals surface area contributed by atoms with E-state index in [2.05, 4.69) is 22.5 Å². The molecule has 0 aliphatic carbocycles. The first-order valence-corrected chi connectivity index (χ1v) is 20.0. The maximum atomic E-state index is 12.5. The second kappa shape index (κ2) is 17.2. The smallest absolute Gasteiger partial charge is 0.335 e. The lowest BCUT2D eigenvalue weighted by molar-refractivity contribution is -0.179. The third-order valence-electron chi connectivity index (χ3n) is 8.87. The van der Waals surface area contributed by atoms with Gasteiger partial charge in [0.1, 0.15) is 0 Å². The number of ether oxygens (including phenoxy) is 4. The van der Waals surface area contributed by atoms with E-state index < -0.39 is 43.6 Å². The van der Waals surface area contributed by atoms with Gasteiger partial charge in [-0.15, -0.1) is 0 Å². The Morgan fingerprint density at radius 1 is 0.725 bits per heavy atom. The molecule has 14 nitrogen and oxygen atoms in total. The monoisotopic (exact) mass is 814 g/mol.